The third-order valence-electron chi connectivity index (χ3n) is 5.29. The van der Waals surface area contributed by atoms with Gasteiger partial charge in [0.05, 0.1) is 16.6 Å². The lowest BCUT2D eigenvalue weighted by atomic mass is 10.1. The summed E-state index contributed by atoms with van der Waals surface area (Å²) in [5.41, 5.74) is 4.66. The van der Waals surface area contributed by atoms with Crippen molar-refractivity contribution in [2.75, 3.05) is 0 Å². The van der Waals surface area contributed by atoms with Crippen LogP contribution in [0.5, 0.6) is 0 Å². The van der Waals surface area contributed by atoms with Gasteiger partial charge in [-0.1, -0.05) is 54.6 Å². The first-order valence-corrected chi connectivity index (χ1v) is 9.44. The van der Waals surface area contributed by atoms with Crippen molar-refractivity contribution in [2.45, 2.75) is 0 Å². The molecule has 6 aromatic rings. The van der Waals surface area contributed by atoms with Crippen molar-refractivity contribution in [3.8, 4) is 17.1 Å². The SMILES string of the molecule is Fc1cccc2c1oc1c(-c3nc4ccccc4n3-c3ccccc3)cccc12. The number of para-hydroxylation sites is 5. The molecule has 6 rings (SSSR count). The Morgan fingerprint density at radius 1 is 0.690 bits per heavy atom. The van der Waals surface area contributed by atoms with E-state index in [9.17, 15) is 4.39 Å². The molecule has 0 radical (unpaired) electrons. The van der Waals surface area contributed by atoms with Gasteiger partial charge < -0.3 is 4.42 Å². The highest BCUT2D eigenvalue weighted by Gasteiger charge is 2.20. The first-order valence-electron chi connectivity index (χ1n) is 9.44. The van der Waals surface area contributed by atoms with Crippen molar-refractivity contribution in [3.63, 3.8) is 0 Å². The number of aromatic nitrogens is 2. The van der Waals surface area contributed by atoms with Gasteiger partial charge in [0, 0.05) is 16.5 Å². The van der Waals surface area contributed by atoms with Crippen molar-refractivity contribution in [1.82, 2.24) is 9.55 Å². The van der Waals surface area contributed by atoms with Gasteiger partial charge in [-0.2, -0.15) is 0 Å². The standard InChI is InChI=1S/C25H15FN2O/c26-20-13-7-11-18-17-10-6-12-19(23(17)29-24(18)20)25-27-21-14-4-5-15-22(21)28(25)16-8-2-1-3-9-16/h1-15H. The molecule has 0 amide bonds. The monoisotopic (exact) mass is 378 g/mol. The molecule has 0 atom stereocenters. The summed E-state index contributed by atoms with van der Waals surface area (Å²) in [6.45, 7) is 0. The molecule has 2 aromatic heterocycles. The van der Waals surface area contributed by atoms with Gasteiger partial charge >= 0.3 is 0 Å². The molecule has 29 heavy (non-hydrogen) atoms. The Morgan fingerprint density at radius 2 is 1.41 bits per heavy atom. The van der Waals surface area contributed by atoms with Gasteiger partial charge in [-0.05, 0) is 36.4 Å². The minimum absolute atomic E-state index is 0.275. The molecule has 0 spiro atoms. The van der Waals surface area contributed by atoms with Crippen LogP contribution in [0.4, 0.5) is 4.39 Å². The smallest absolute Gasteiger partial charge is 0.171 e. The number of hydrogen-bond acceptors (Lipinski definition) is 2. The van der Waals surface area contributed by atoms with Gasteiger partial charge in [0.1, 0.15) is 11.4 Å². The normalized spacial score (nSPS) is 11.6. The van der Waals surface area contributed by atoms with E-state index in [2.05, 4.69) is 22.8 Å². The Bertz CT molecular complexity index is 1510. The molecular formula is C25H15FN2O. The molecule has 0 saturated carbocycles. The van der Waals surface area contributed by atoms with E-state index >= 15 is 0 Å². The number of nitrogens with zero attached hydrogens (tertiary/aromatic N) is 2. The lowest BCUT2D eigenvalue weighted by molar-refractivity contribution is 0.584. The second-order valence-corrected chi connectivity index (χ2v) is 7.00. The molecule has 4 heteroatoms. The number of benzene rings is 4. The summed E-state index contributed by atoms with van der Waals surface area (Å²) in [6.07, 6.45) is 0. The summed E-state index contributed by atoms with van der Waals surface area (Å²) in [4.78, 5) is 4.91. The van der Waals surface area contributed by atoms with Crippen LogP contribution in [0.15, 0.2) is 95.4 Å². The highest BCUT2D eigenvalue weighted by atomic mass is 19.1. The van der Waals surface area contributed by atoms with Crippen LogP contribution in [-0.4, -0.2) is 9.55 Å². The molecule has 138 valence electrons. The summed E-state index contributed by atoms with van der Waals surface area (Å²) in [7, 11) is 0. The molecule has 0 aliphatic carbocycles. The van der Waals surface area contributed by atoms with Gasteiger partial charge in [-0.25, -0.2) is 9.37 Å². The average Bonchev–Trinajstić information content (AvgIpc) is 3.34. The number of furan rings is 1. The second-order valence-electron chi connectivity index (χ2n) is 7.00. The van der Waals surface area contributed by atoms with Gasteiger partial charge in [-0.15, -0.1) is 0 Å². The fourth-order valence-corrected chi connectivity index (χ4v) is 4.01. The largest absolute Gasteiger partial charge is 0.452 e. The summed E-state index contributed by atoms with van der Waals surface area (Å²) >= 11 is 0. The van der Waals surface area contributed by atoms with Crippen molar-refractivity contribution >= 4 is 33.0 Å². The van der Waals surface area contributed by atoms with Crippen LogP contribution in [0.25, 0.3) is 50.0 Å². The van der Waals surface area contributed by atoms with Gasteiger partial charge in [0.15, 0.2) is 11.4 Å². The Kier molecular flexibility index (Phi) is 3.35. The van der Waals surface area contributed by atoms with E-state index < -0.39 is 0 Å². The highest BCUT2D eigenvalue weighted by Crippen LogP contribution is 2.38. The molecule has 0 N–H and O–H groups in total. The van der Waals surface area contributed by atoms with Crippen LogP contribution in [0.2, 0.25) is 0 Å². The molecular weight excluding hydrogens is 363 g/mol. The molecule has 0 unspecified atom stereocenters. The predicted molar refractivity (Wildman–Crippen MR) is 114 cm³/mol. The van der Waals surface area contributed by atoms with Crippen LogP contribution in [-0.2, 0) is 0 Å². The van der Waals surface area contributed by atoms with E-state index in [0.29, 0.717) is 5.58 Å². The van der Waals surface area contributed by atoms with Crippen LogP contribution < -0.4 is 0 Å². The van der Waals surface area contributed by atoms with E-state index in [1.807, 2.05) is 60.7 Å². The summed E-state index contributed by atoms with van der Waals surface area (Å²) in [5.74, 6) is 0.406. The van der Waals surface area contributed by atoms with E-state index in [0.717, 1.165) is 38.9 Å². The zero-order chi connectivity index (χ0) is 19.4. The van der Waals surface area contributed by atoms with E-state index in [1.165, 1.54) is 6.07 Å². The quantitative estimate of drug-likeness (QED) is 0.334. The fraction of sp³-hybridized carbons (Fsp3) is 0. The number of fused-ring (bicyclic) bond motifs is 4. The second kappa shape index (κ2) is 6.04. The topological polar surface area (TPSA) is 31.0 Å². The summed E-state index contributed by atoms with van der Waals surface area (Å²) in [6, 6.07) is 29.0. The van der Waals surface area contributed by atoms with Crippen LogP contribution in [0, 0.1) is 5.82 Å². The Labute approximate surface area is 165 Å². The van der Waals surface area contributed by atoms with Gasteiger partial charge in [0.25, 0.3) is 0 Å². The van der Waals surface area contributed by atoms with Crippen LogP contribution in [0.1, 0.15) is 0 Å². The Morgan fingerprint density at radius 3 is 2.28 bits per heavy atom. The first kappa shape index (κ1) is 16.1. The molecule has 3 nitrogen and oxygen atoms in total. The van der Waals surface area contributed by atoms with E-state index in [4.69, 9.17) is 9.40 Å². The predicted octanol–water partition coefficient (Wildman–Crippen LogP) is 6.73. The van der Waals surface area contributed by atoms with Gasteiger partial charge in [-0.3, -0.25) is 4.57 Å². The Hall–Kier alpha value is -3.92. The zero-order valence-electron chi connectivity index (χ0n) is 15.3. The molecule has 0 bridgehead atoms. The number of hydrogen-bond donors (Lipinski definition) is 0. The molecule has 0 saturated heterocycles. The van der Waals surface area contributed by atoms with Crippen molar-refractivity contribution in [1.29, 1.82) is 0 Å². The van der Waals surface area contributed by atoms with Crippen molar-refractivity contribution in [2.24, 2.45) is 0 Å². The maximum absolute atomic E-state index is 14.4. The first-order chi connectivity index (χ1) is 14.3. The lowest BCUT2D eigenvalue weighted by Crippen LogP contribution is -1.97. The number of imidazole rings is 1. The zero-order valence-corrected chi connectivity index (χ0v) is 15.3. The molecule has 2 heterocycles. The molecule has 4 aromatic carbocycles. The molecule has 0 aliphatic heterocycles. The van der Waals surface area contributed by atoms with Gasteiger partial charge in [0.2, 0.25) is 0 Å². The average molecular weight is 378 g/mol. The van der Waals surface area contributed by atoms with Crippen LogP contribution in [0.3, 0.4) is 0 Å². The molecule has 0 aliphatic rings. The van der Waals surface area contributed by atoms with Crippen LogP contribution >= 0.6 is 0 Å². The summed E-state index contributed by atoms with van der Waals surface area (Å²) < 4.78 is 22.5. The third-order valence-corrected chi connectivity index (χ3v) is 5.29. The summed E-state index contributed by atoms with van der Waals surface area (Å²) in [5, 5.41) is 1.65. The minimum atomic E-state index is -0.360. The van der Waals surface area contributed by atoms with Crippen molar-refractivity contribution < 1.29 is 8.81 Å². The lowest BCUT2D eigenvalue weighted by Gasteiger charge is -2.09. The van der Waals surface area contributed by atoms with E-state index in [1.54, 1.807) is 6.07 Å². The third kappa shape index (κ3) is 2.32. The number of rotatable bonds is 2. The fourth-order valence-electron chi connectivity index (χ4n) is 4.01. The maximum atomic E-state index is 14.4. The van der Waals surface area contributed by atoms with Crippen molar-refractivity contribution in [3.05, 3.63) is 96.8 Å². The molecule has 0 fully saturated rings. The van der Waals surface area contributed by atoms with E-state index in [-0.39, 0.29) is 11.4 Å². The highest BCUT2D eigenvalue weighted by molar-refractivity contribution is 6.09. The minimum Gasteiger partial charge on any atom is -0.452 e. The number of halogens is 1. The Balaban J connectivity index is 1.75. The maximum Gasteiger partial charge on any atom is 0.171 e.